The van der Waals surface area contributed by atoms with Crippen LogP contribution < -0.4 is 34.0 Å². The lowest BCUT2D eigenvalue weighted by Gasteiger charge is -2.23. The van der Waals surface area contributed by atoms with Crippen LogP contribution in [0.3, 0.4) is 0 Å². The van der Waals surface area contributed by atoms with Crippen LogP contribution in [0.25, 0.3) is 11.1 Å². The van der Waals surface area contributed by atoms with Crippen molar-refractivity contribution in [2.45, 2.75) is 51.9 Å². The third-order valence-corrected chi connectivity index (χ3v) is 7.58. The first-order chi connectivity index (χ1) is 17.4. The van der Waals surface area contributed by atoms with Crippen molar-refractivity contribution >= 4 is 39.0 Å². The van der Waals surface area contributed by atoms with Crippen LogP contribution in [0.2, 0.25) is 5.02 Å². The number of sulfonamides is 1. The van der Waals surface area contributed by atoms with Crippen molar-refractivity contribution in [1.82, 2.24) is 5.32 Å². The monoisotopic (exact) mass is 677 g/mol. The fourth-order valence-corrected chi connectivity index (χ4v) is 5.22. The number of Topliss-reactive ketones (excluding diaryl/α,β-unsaturated/α-hetero) is 1. The summed E-state index contributed by atoms with van der Waals surface area (Å²) in [6, 6.07) is 11.9. The smallest absolute Gasteiger partial charge is 0.292 e. The van der Waals surface area contributed by atoms with Gasteiger partial charge in [-0.2, -0.15) is 0 Å². The maximum Gasteiger partial charge on any atom is 0.292 e. The highest BCUT2D eigenvalue weighted by molar-refractivity contribution is 7.92. The van der Waals surface area contributed by atoms with Gasteiger partial charge in [0.15, 0.2) is 0 Å². The molecule has 2 rings (SSSR count). The minimum Gasteiger partial charge on any atom is -1.00 e. The number of nitrogens with zero attached hydrogens (tertiary/aromatic N) is 1. The third-order valence-electron chi connectivity index (χ3n) is 5.97. The number of rotatable bonds is 16. The van der Waals surface area contributed by atoms with Crippen LogP contribution >= 0.6 is 11.6 Å². The Hall–Kier alpha value is -1.69. The largest absolute Gasteiger partial charge is 1.00 e. The molecule has 0 atom stereocenters. The predicted octanol–water partition coefficient (Wildman–Crippen LogP) is 2.51. The van der Waals surface area contributed by atoms with E-state index in [1.807, 2.05) is 0 Å². The maximum absolute atomic E-state index is 13.2. The van der Waals surface area contributed by atoms with E-state index in [0.29, 0.717) is 30.0 Å². The molecule has 212 valence electrons. The van der Waals surface area contributed by atoms with Gasteiger partial charge in [0.25, 0.3) is 11.7 Å². The summed E-state index contributed by atoms with van der Waals surface area (Å²) in [6.07, 6.45) is 6.46. The first-order valence-corrected chi connectivity index (χ1v) is 15.0. The van der Waals surface area contributed by atoms with Crippen molar-refractivity contribution in [3.05, 3.63) is 53.1 Å². The van der Waals surface area contributed by atoms with Gasteiger partial charge in [0.1, 0.15) is 0 Å². The molecule has 0 saturated heterocycles. The van der Waals surface area contributed by atoms with Crippen LogP contribution in [0.15, 0.2) is 42.5 Å². The fraction of sp³-hybridized carbons (Fsp3) is 0.500. The second-order valence-electron chi connectivity index (χ2n) is 10.4. The topological polar surface area (TPSA) is 92.3 Å². The van der Waals surface area contributed by atoms with Crippen molar-refractivity contribution in [2.24, 2.45) is 0 Å². The highest BCUT2D eigenvalue weighted by Gasteiger charge is 2.23. The summed E-state index contributed by atoms with van der Waals surface area (Å²) in [4.78, 5) is 25.9. The molecule has 0 aromatic heterocycles. The molecule has 10 heteroatoms. The number of halogens is 2. The van der Waals surface area contributed by atoms with Gasteiger partial charge < -0.3 is 33.8 Å². The van der Waals surface area contributed by atoms with E-state index in [1.54, 1.807) is 42.5 Å². The number of amides is 1. The van der Waals surface area contributed by atoms with Gasteiger partial charge in [0.2, 0.25) is 10.0 Å². The second kappa shape index (κ2) is 16.4. The van der Waals surface area contributed by atoms with E-state index in [2.05, 4.69) is 38.1 Å². The number of ketones is 1. The SMILES string of the molecule is CCCCCCCCS(=O)(=O)Nc1ccc(-c2ccc(Cl)cc2)cc1C(=O)C(=O)NCCC[N+](C)(C)C.[I-]. The van der Waals surface area contributed by atoms with Gasteiger partial charge >= 0.3 is 0 Å². The molecule has 0 fully saturated rings. The Morgan fingerprint density at radius 2 is 1.47 bits per heavy atom. The van der Waals surface area contributed by atoms with Gasteiger partial charge in [-0.15, -0.1) is 0 Å². The molecule has 38 heavy (non-hydrogen) atoms. The van der Waals surface area contributed by atoms with E-state index in [0.717, 1.165) is 48.7 Å². The number of hydrogen-bond donors (Lipinski definition) is 2. The van der Waals surface area contributed by atoms with Crippen molar-refractivity contribution in [3.8, 4) is 11.1 Å². The highest BCUT2D eigenvalue weighted by Crippen LogP contribution is 2.28. The number of nitrogens with one attached hydrogen (secondary N) is 2. The van der Waals surface area contributed by atoms with E-state index in [4.69, 9.17) is 11.6 Å². The molecular weight excluding hydrogens is 637 g/mol. The molecule has 0 radical (unpaired) electrons. The lowest BCUT2D eigenvalue weighted by molar-refractivity contribution is -0.870. The molecule has 7 nitrogen and oxygen atoms in total. The molecular formula is C28H41ClIN3O4S. The van der Waals surface area contributed by atoms with Crippen LogP contribution in [0, 0.1) is 0 Å². The number of hydrogen-bond acceptors (Lipinski definition) is 4. The molecule has 2 N–H and O–H groups in total. The molecule has 0 aliphatic heterocycles. The fourth-order valence-electron chi connectivity index (χ4n) is 3.89. The summed E-state index contributed by atoms with van der Waals surface area (Å²) < 4.78 is 28.9. The predicted molar refractivity (Wildman–Crippen MR) is 153 cm³/mol. The quantitative estimate of drug-likeness (QED) is 0.0940. The lowest BCUT2D eigenvalue weighted by Crippen LogP contribution is -3.00. The molecule has 0 aliphatic carbocycles. The Labute approximate surface area is 250 Å². The van der Waals surface area contributed by atoms with E-state index in [9.17, 15) is 18.0 Å². The van der Waals surface area contributed by atoms with Crippen molar-refractivity contribution in [3.63, 3.8) is 0 Å². The number of unbranched alkanes of at least 4 members (excludes halogenated alkanes) is 5. The Morgan fingerprint density at radius 3 is 2.11 bits per heavy atom. The minimum atomic E-state index is -3.68. The van der Waals surface area contributed by atoms with Gasteiger partial charge in [0.05, 0.1) is 44.7 Å². The van der Waals surface area contributed by atoms with Crippen LogP contribution in [0.1, 0.15) is 62.2 Å². The molecule has 2 aromatic carbocycles. The van der Waals surface area contributed by atoms with Gasteiger partial charge in [0, 0.05) is 18.0 Å². The van der Waals surface area contributed by atoms with E-state index >= 15 is 0 Å². The highest BCUT2D eigenvalue weighted by atomic mass is 127. The molecule has 1 amide bonds. The average molecular weight is 678 g/mol. The summed E-state index contributed by atoms with van der Waals surface area (Å²) in [7, 11) is 2.48. The normalized spacial score (nSPS) is 11.5. The first-order valence-electron chi connectivity index (χ1n) is 13.0. The van der Waals surface area contributed by atoms with E-state index in [-0.39, 0.29) is 41.0 Å². The zero-order valence-corrected chi connectivity index (χ0v) is 26.6. The molecule has 0 bridgehead atoms. The Kier molecular flexibility index (Phi) is 14.8. The summed E-state index contributed by atoms with van der Waals surface area (Å²) >= 11 is 6.00. The molecule has 0 saturated carbocycles. The van der Waals surface area contributed by atoms with Crippen molar-refractivity contribution in [2.75, 3.05) is 44.7 Å². The van der Waals surface area contributed by atoms with Crippen molar-refractivity contribution in [1.29, 1.82) is 0 Å². The molecule has 0 unspecified atom stereocenters. The van der Waals surface area contributed by atoms with Crippen LogP contribution in [0.5, 0.6) is 0 Å². The van der Waals surface area contributed by atoms with Crippen LogP contribution in [-0.2, 0) is 14.8 Å². The molecule has 0 heterocycles. The average Bonchev–Trinajstić information content (AvgIpc) is 2.83. The van der Waals surface area contributed by atoms with Gasteiger partial charge in [-0.1, -0.05) is 68.8 Å². The number of carbonyl (C=O) groups excluding carboxylic acids is 2. The molecule has 0 aliphatic rings. The number of carbonyl (C=O) groups is 2. The molecule has 0 spiro atoms. The summed E-state index contributed by atoms with van der Waals surface area (Å²) in [6.45, 7) is 3.33. The van der Waals surface area contributed by atoms with Crippen molar-refractivity contribution < 1.29 is 46.5 Å². The van der Waals surface area contributed by atoms with Crippen LogP contribution in [-0.4, -0.2) is 64.6 Å². The summed E-state index contributed by atoms with van der Waals surface area (Å²) in [5.41, 5.74) is 1.60. The van der Waals surface area contributed by atoms with Crippen LogP contribution in [0.4, 0.5) is 5.69 Å². The zero-order chi connectivity index (χ0) is 27.5. The Morgan fingerprint density at radius 1 is 0.868 bits per heavy atom. The van der Waals surface area contributed by atoms with Gasteiger partial charge in [-0.25, -0.2) is 8.42 Å². The second-order valence-corrected chi connectivity index (χ2v) is 12.7. The van der Waals surface area contributed by atoms with E-state index in [1.165, 1.54) is 0 Å². The Balaban J connectivity index is 0.00000722. The summed E-state index contributed by atoms with van der Waals surface area (Å²) in [5.74, 6) is -1.58. The standard InChI is InChI=1S/C28H40ClN3O4S.HI/c1-5-6-7-8-9-10-20-37(35,36)31-26-17-14-23(22-12-15-24(29)16-13-22)21-25(26)27(33)28(34)30-18-11-19-32(2,3)4;/h12-17,21H,5-11,18-20H2,1-4H3,(H-,30,31,33,34);1H. The van der Waals surface area contributed by atoms with Gasteiger partial charge in [-0.3, -0.25) is 14.3 Å². The maximum atomic E-state index is 13.2. The zero-order valence-electron chi connectivity index (χ0n) is 22.9. The lowest BCUT2D eigenvalue weighted by atomic mass is 9.99. The Bertz CT molecular complexity index is 1150. The third kappa shape index (κ3) is 12.4. The minimum absolute atomic E-state index is 0. The summed E-state index contributed by atoms with van der Waals surface area (Å²) in [5, 5.41) is 3.25. The number of anilines is 1. The molecule has 2 aromatic rings. The first kappa shape index (κ1) is 34.3. The van der Waals surface area contributed by atoms with Gasteiger partial charge in [-0.05, 0) is 41.8 Å². The number of quaternary nitrogens is 1. The number of benzene rings is 2. The van der Waals surface area contributed by atoms with E-state index < -0.39 is 21.7 Å².